The third-order valence-corrected chi connectivity index (χ3v) is 7.14. The Morgan fingerprint density at radius 2 is 0.646 bits per heavy atom. The second-order valence-electron chi connectivity index (χ2n) is 9.30. The summed E-state index contributed by atoms with van der Waals surface area (Å²) in [5.74, 6) is -3.94. The van der Waals surface area contributed by atoms with Crippen LogP contribution in [0.1, 0.15) is 19.3 Å². The molecule has 4 unspecified atom stereocenters. The molecule has 0 heterocycles. The molecule has 0 radical (unpaired) electrons. The zero-order valence-electron chi connectivity index (χ0n) is 24.9. The number of hydrogen-bond acceptors (Lipinski definition) is 18. The molecule has 0 aromatic rings. The highest BCUT2D eigenvalue weighted by Crippen LogP contribution is 2.51. The Labute approximate surface area is 271 Å². The van der Waals surface area contributed by atoms with Gasteiger partial charge < -0.3 is 73.1 Å². The maximum absolute atomic E-state index is 12.8. The first-order valence-electron chi connectivity index (χ1n) is 13.7. The van der Waals surface area contributed by atoms with Crippen molar-refractivity contribution in [1.82, 2.24) is 0 Å². The quantitative estimate of drug-likeness (QED) is 0.0198. The van der Waals surface area contributed by atoms with Gasteiger partial charge in [0.1, 0.15) is 18.3 Å². The van der Waals surface area contributed by atoms with Crippen molar-refractivity contribution in [2.45, 2.75) is 55.9 Å². The van der Waals surface area contributed by atoms with Gasteiger partial charge in [-0.15, -0.1) is 0 Å². The molecule has 282 valence electrons. The Bertz CT molecular complexity index is 1070. The highest BCUT2D eigenvalue weighted by Gasteiger charge is 2.62. The number of aliphatic hydroxyl groups is 3. The minimum atomic E-state index is -5.86. The normalized spacial score (nSPS) is 23.4. The van der Waals surface area contributed by atoms with E-state index in [0.29, 0.717) is 0 Å². The van der Waals surface area contributed by atoms with Crippen LogP contribution in [-0.2, 0) is 70.1 Å². The van der Waals surface area contributed by atoms with Crippen LogP contribution in [0.3, 0.4) is 0 Å². The molecule has 1 saturated carbocycles. The fourth-order valence-electron chi connectivity index (χ4n) is 3.96. The van der Waals surface area contributed by atoms with Crippen LogP contribution in [0.4, 0.5) is 0 Å². The van der Waals surface area contributed by atoms with Crippen molar-refractivity contribution in [3.05, 3.63) is 0 Å². The summed E-state index contributed by atoms with van der Waals surface area (Å²) in [6, 6.07) is 0. The molecule has 27 heteroatoms. The first-order valence-corrected chi connectivity index (χ1v) is 18.3. The van der Waals surface area contributed by atoms with E-state index in [9.17, 15) is 57.4 Å². The van der Waals surface area contributed by atoms with Crippen LogP contribution < -0.4 is 0 Å². The summed E-state index contributed by atoms with van der Waals surface area (Å²) in [7, 11) is -17.5. The van der Waals surface area contributed by atoms with Crippen molar-refractivity contribution in [3.8, 4) is 0 Å². The summed E-state index contributed by atoms with van der Waals surface area (Å²) < 4.78 is 80.3. The summed E-state index contributed by atoms with van der Waals surface area (Å²) in [6.45, 7) is -3.32. The molecule has 0 aromatic heterocycles. The first kappa shape index (κ1) is 44.5. The molecule has 0 saturated heterocycles. The van der Waals surface area contributed by atoms with Gasteiger partial charge in [0.2, 0.25) is 0 Å². The van der Waals surface area contributed by atoms with Gasteiger partial charge >= 0.3 is 41.4 Å². The SMILES string of the molecule is O=C(CCOCCO)OC1C(OC(=O)CCOCCO)C(OP(=O)(O)O)C(OP(=O)(O)O)C(OP(=O)(O)O)C1OC(=O)CCOCCO. The Morgan fingerprint density at radius 1 is 0.417 bits per heavy atom. The summed E-state index contributed by atoms with van der Waals surface area (Å²) >= 11 is 0. The average Bonchev–Trinajstić information content (AvgIpc) is 2.95. The summed E-state index contributed by atoms with van der Waals surface area (Å²) in [5.41, 5.74) is 0. The van der Waals surface area contributed by atoms with Crippen molar-refractivity contribution in [2.75, 3.05) is 59.5 Å². The average molecular weight is 768 g/mol. The standard InChI is InChI=1S/C21H39O24P3/c22-4-10-37-7-1-13(25)40-16-17(41-14(26)2-8-38-11-5-23)19(43-46(28,29)30)21(45-48(34,35)36)20(44-47(31,32)33)18(16)42-15(27)3-9-39-12-6-24/h16-24H,1-12H2,(H2,28,29,30)(H2,31,32,33)(H2,34,35,36). The molecular weight excluding hydrogens is 729 g/mol. The maximum Gasteiger partial charge on any atom is 0.470 e. The molecule has 1 aliphatic carbocycles. The monoisotopic (exact) mass is 768 g/mol. The number of hydrogen-bond donors (Lipinski definition) is 9. The van der Waals surface area contributed by atoms with Crippen molar-refractivity contribution in [3.63, 3.8) is 0 Å². The van der Waals surface area contributed by atoms with Gasteiger partial charge in [-0.2, -0.15) is 0 Å². The van der Waals surface area contributed by atoms with Crippen LogP contribution in [0, 0.1) is 0 Å². The molecule has 0 aliphatic heterocycles. The van der Waals surface area contributed by atoms with Crippen LogP contribution in [0.5, 0.6) is 0 Å². The largest absolute Gasteiger partial charge is 0.470 e. The molecule has 0 bridgehead atoms. The Morgan fingerprint density at radius 3 is 0.875 bits per heavy atom. The lowest BCUT2D eigenvalue weighted by atomic mass is 9.84. The molecule has 0 spiro atoms. The summed E-state index contributed by atoms with van der Waals surface area (Å²) in [6.07, 6.45) is -17.4. The van der Waals surface area contributed by atoms with Gasteiger partial charge in [-0.3, -0.25) is 28.0 Å². The summed E-state index contributed by atoms with van der Waals surface area (Å²) in [4.78, 5) is 96.2. The van der Waals surface area contributed by atoms with E-state index in [-0.39, 0.29) is 19.8 Å². The van der Waals surface area contributed by atoms with E-state index in [0.717, 1.165) is 0 Å². The lowest BCUT2D eigenvalue weighted by Crippen LogP contribution is -2.68. The minimum Gasteiger partial charge on any atom is -0.455 e. The maximum atomic E-state index is 12.8. The third-order valence-electron chi connectivity index (χ3n) is 5.58. The van der Waals surface area contributed by atoms with Gasteiger partial charge in [0.15, 0.2) is 18.3 Å². The lowest BCUT2D eigenvalue weighted by Gasteiger charge is -2.47. The van der Waals surface area contributed by atoms with Crippen molar-refractivity contribution >= 4 is 41.4 Å². The van der Waals surface area contributed by atoms with Crippen molar-refractivity contribution in [2.24, 2.45) is 0 Å². The number of phosphoric acid groups is 3. The molecule has 1 aliphatic rings. The van der Waals surface area contributed by atoms with Crippen LogP contribution in [0.2, 0.25) is 0 Å². The van der Waals surface area contributed by atoms with Gasteiger partial charge in [0.05, 0.1) is 78.7 Å². The molecule has 0 aromatic carbocycles. The number of rotatable bonds is 24. The number of carbonyl (C=O) groups excluding carboxylic acids is 3. The van der Waals surface area contributed by atoms with E-state index in [1.54, 1.807) is 0 Å². The Balaban J connectivity index is 3.83. The van der Waals surface area contributed by atoms with E-state index in [4.69, 9.17) is 43.7 Å². The van der Waals surface area contributed by atoms with Crippen LogP contribution in [0.25, 0.3) is 0 Å². The molecule has 0 amide bonds. The molecular formula is C21H39O24P3. The molecule has 4 atom stereocenters. The molecule has 48 heavy (non-hydrogen) atoms. The third kappa shape index (κ3) is 18.5. The second kappa shape index (κ2) is 21.7. The van der Waals surface area contributed by atoms with Gasteiger partial charge in [-0.25, -0.2) is 13.7 Å². The number of esters is 3. The van der Waals surface area contributed by atoms with Gasteiger partial charge in [0.25, 0.3) is 0 Å². The van der Waals surface area contributed by atoms with E-state index in [2.05, 4.69) is 13.6 Å². The molecule has 9 N–H and O–H groups in total. The lowest BCUT2D eigenvalue weighted by molar-refractivity contribution is -0.241. The van der Waals surface area contributed by atoms with Crippen LogP contribution in [-0.4, -0.2) is 159 Å². The van der Waals surface area contributed by atoms with Gasteiger partial charge in [-0.05, 0) is 0 Å². The number of ether oxygens (including phenoxy) is 6. The van der Waals surface area contributed by atoms with E-state index in [1.165, 1.54) is 0 Å². The minimum absolute atomic E-state index is 0.230. The van der Waals surface area contributed by atoms with Crippen molar-refractivity contribution < 1.29 is 115 Å². The fraction of sp³-hybridized carbons (Fsp3) is 0.857. The number of aliphatic hydroxyl groups excluding tert-OH is 3. The smallest absolute Gasteiger partial charge is 0.455 e. The predicted molar refractivity (Wildman–Crippen MR) is 148 cm³/mol. The summed E-state index contributed by atoms with van der Waals surface area (Å²) in [5, 5.41) is 26.6. The zero-order valence-corrected chi connectivity index (χ0v) is 27.6. The van der Waals surface area contributed by atoms with Crippen LogP contribution >= 0.6 is 23.5 Å². The predicted octanol–water partition coefficient (Wildman–Crippen LogP) is -3.63. The second-order valence-corrected chi connectivity index (χ2v) is 12.9. The van der Waals surface area contributed by atoms with E-state index in [1.807, 2.05) is 0 Å². The Hall–Kier alpha value is -1.50. The van der Waals surface area contributed by atoms with Crippen LogP contribution in [0.15, 0.2) is 0 Å². The topological polar surface area (TPSA) is 368 Å². The van der Waals surface area contributed by atoms with Gasteiger partial charge in [-0.1, -0.05) is 0 Å². The molecule has 1 rings (SSSR count). The number of carbonyl (C=O) groups is 3. The van der Waals surface area contributed by atoms with Crippen molar-refractivity contribution in [1.29, 1.82) is 0 Å². The Kier molecular flexibility index (Phi) is 20.1. The molecule has 24 nitrogen and oxygen atoms in total. The van der Waals surface area contributed by atoms with Gasteiger partial charge in [0, 0.05) is 0 Å². The molecule has 1 fully saturated rings. The zero-order chi connectivity index (χ0) is 36.5. The highest BCUT2D eigenvalue weighted by molar-refractivity contribution is 7.47. The van der Waals surface area contributed by atoms with E-state index < -0.39 is 137 Å². The van der Waals surface area contributed by atoms with E-state index >= 15 is 0 Å². The highest BCUT2D eigenvalue weighted by atomic mass is 31.2. The number of phosphoric ester groups is 3. The first-order chi connectivity index (χ1) is 22.3. The fourth-order valence-corrected chi connectivity index (χ4v) is 5.63.